The summed E-state index contributed by atoms with van der Waals surface area (Å²) in [5.74, 6) is 1.96. The van der Waals surface area contributed by atoms with Crippen LogP contribution in [0.2, 0.25) is 0 Å². The van der Waals surface area contributed by atoms with E-state index in [0.717, 1.165) is 51.0 Å². The van der Waals surface area contributed by atoms with Crippen molar-refractivity contribution >= 4 is 5.91 Å². The van der Waals surface area contributed by atoms with Crippen LogP contribution in [-0.4, -0.2) is 50.1 Å². The lowest BCUT2D eigenvalue weighted by Gasteiger charge is -2.26. The van der Waals surface area contributed by atoms with Crippen molar-refractivity contribution < 1.29 is 4.79 Å². The van der Waals surface area contributed by atoms with Crippen LogP contribution in [-0.2, 0) is 4.79 Å². The highest BCUT2D eigenvalue weighted by Gasteiger charge is 2.18. The summed E-state index contributed by atoms with van der Waals surface area (Å²) in [4.78, 5) is 14.2. The molecule has 2 aliphatic rings. The first-order chi connectivity index (χ1) is 9.74. The monoisotopic (exact) mass is 281 g/mol. The van der Waals surface area contributed by atoms with Gasteiger partial charge in [-0.05, 0) is 37.8 Å². The minimum atomic E-state index is 0.205. The Hall–Kier alpha value is -0.610. The van der Waals surface area contributed by atoms with Gasteiger partial charge >= 0.3 is 0 Å². The lowest BCUT2D eigenvalue weighted by Crippen LogP contribution is -2.39. The maximum Gasteiger partial charge on any atom is 0.234 e. The molecule has 0 aromatic heterocycles. The Balaban J connectivity index is 1.55. The predicted octanol–water partition coefficient (Wildman–Crippen LogP) is 1.61. The molecule has 4 nitrogen and oxygen atoms in total. The van der Waals surface area contributed by atoms with Gasteiger partial charge in [0.15, 0.2) is 0 Å². The first-order valence-electron chi connectivity index (χ1n) is 8.44. The van der Waals surface area contributed by atoms with Crippen molar-refractivity contribution in [2.45, 2.75) is 45.4 Å². The number of carbonyl (C=O) groups excluding carboxylic acids is 1. The predicted molar refractivity (Wildman–Crippen MR) is 82.7 cm³/mol. The van der Waals surface area contributed by atoms with E-state index in [2.05, 4.69) is 22.5 Å². The molecule has 0 atom stereocenters. The first-order valence-corrected chi connectivity index (χ1v) is 8.44. The molecule has 0 aromatic carbocycles. The molecule has 0 spiro atoms. The number of hydrogen-bond donors (Lipinski definition) is 2. The fraction of sp³-hybridized carbons (Fsp3) is 0.938. The van der Waals surface area contributed by atoms with Crippen LogP contribution >= 0.6 is 0 Å². The van der Waals surface area contributed by atoms with Gasteiger partial charge in [0.25, 0.3) is 0 Å². The summed E-state index contributed by atoms with van der Waals surface area (Å²) in [5, 5.41) is 6.47. The molecular weight excluding hydrogens is 250 g/mol. The van der Waals surface area contributed by atoms with Crippen LogP contribution < -0.4 is 10.6 Å². The lowest BCUT2D eigenvalue weighted by molar-refractivity contribution is -0.122. The highest BCUT2D eigenvalue weighted by atomic mass is 16.2. The van der Waals surface area contributed by atoms with Crippen LogP contribution in [0.25, 0.3) is 0 Å². The number of carbonyl (C=O) groups is 1. The molecule has 1 heterocycles. The highest BCUT2D eigenvalue weighted by molar-refractivity contribution is 5.77. The van der Waals surface area contributed by atoms with Crippen molar-refractivity contribution in [3.05, 3.63) is 0 Å². The molecule has 4 heteroatoms. The number of rotatable bonds is 5. The summed E-state index contributed by atoms with van der Waals surface area (Å²) < 4.78 is 0. The Morgan fingerprint density at radius 3 is 2.80 bits per heavy atom. The van der Waals surface area contributed by atoms with Gasteiger partial charge in [-0.3, -0.25) is 9.69 Å². The Labute approximate surface area is 123 Å². The van der Waals surface area contributed by atoms with Crippen LogP contribution in [0.1, 0.15) is 45.4 Å². The molecule has 1 saturated carbocycles. The zero-order chi connectivity index (χ0) is 14.2. The minimum absolute atomic E-state index is 0.205. The minimum Gasteiger partial charge on any atom is -0.355 e. The number of nitrogens with zero attached hydrogens (tertiary/aromatic N) is 1. The maximum atomic E-state index is 11.9. The molecule has 0 radical (unpaired) electrons. The Kier molecular flexibility index (Phi) is 6.80. The smallest absolute Gasteiger partial charge is 0.234 e. The molecule has 1 aliphatic heterocycles. The number of hydrogen-bond acceptors (Lipinski definition) is 3. The average Bonchev–Trinajstić information content (AvgIpc) is 2.70. The first kappa shape index (κ1) is 15.8. The van der Waals surface area contributed by atoms with Crippen molar-refractivity contribution in [1.29, 1.82) is 0 Å². The molecule has 1 amide bonds. The summed E-state index contributed by atoms with van der Waals surface area (Å²) in [6, 6.07) is 0. The van der Waals surface area contributed by atoms with Gasteiger partial charge in [-0.15, -0.1) is 0 Å². The van der Waals surface area contributed by atoms with Gasteiger partial charge in [0.05, 0.1) is 6.54 Å². The van der Waals surface area contributed by atoms with Gasteiger partial charge in [0, 0.05) is 19.6 Å². The van der Waals surface area contributed by atoms with Gasteiger partial charge in [0.2, 0.25) is 5.91 Å². The highest BCUT2D eigenvalue weighted by Crippen LogP contribution is 2.29. The maximum absolute atomic E-state index is 11.9. The third-order valence-corrected chi connectivity index (χ3v) is 4.81. The summed E-state index contributed by atoms with van der Waals surface area (Å²) in [5.41, 5.74) is 0. The summed E-state index contributed by atoms with van der Waals surface area (Å²) >= 11 is 0. The summed E-state index contributed by atoms with van der Waals surface area (Å²) in [6.07, 6.45) is 7.77. The Morgan fingerprint density at radius 1 is 1.20 bits per heavy atom. The third-order valence-electron chi connectivity index (χ3n) is 4.81. The zero-order valence-corrected chi connectivity index (χ0v) is 13.0. The molecule has 20 heavy (non-hydrogen) atoms. The quantitative estimate of drug-likeness (QED) is 0.805. The molecule has 2 N–H and O–H groups in total. The van der Waals surface area contributed by atoms with E-state index in [-0.39, 0.29) is 5.91 Å². The molecule has 2 rings (SSSR count). The van der Waals surface area contributed by atoms with Gasteiger partial charge in [0.1, 0.15) is 0 Å². The van der Waals surface area contributed by atoms with Crippen molar-refractivity contribution in [2.75, 3.05) is 39.3 Å². The topological polar surface area (TPSA) is 44.4 Å². The lowest BCUT2D eigenvalue weighted by atomic mass is 9.81. The summed E-state index contributed by atoms with van der Waals surface area (Å²) in [7, 11) is 0. The normalized spacial score (nSPS) is 28.9. The second-order valence-electron chi connectivity index (χ2n) is 6.64. The second kappa shape index (κ2) is 8.63. The van der Waals surface area contributed by atoms with Crippen LogP contribution in [0.15, 0.2) is 0 Å². The van der Waals surface area contributed by atoms with Crippen LogP contribution in [0.4, 0.5) is 0 Å². The second-order valence-corrected chi connectivity index (χ2v) is 6.64. The SMILES string of the molecule is CC1CCC(CCNC(=O)CN2CCCNCC2)CC1. The third kappa shape index (κ3) is 5.80. The van der Waals surface area contributed by atoms with Crippen molar-refractivity contribution in [1.82, 2.24) is 15.5 Å². The number of nitrogens with one attached hydrogen (secondary N) is 2. The van der Waals surface area contributed by atoms with Gasteiger partial charge in [-0.2, -0.15) is 0 Å². The van der Waals surface area contributed by atoms with E-state index in [1.165, 1.54) is 32.1 Å². The van der Waals surface area contributed by atoms with Crippen LogP contribution in [0.3, 0.4) is 0 Å². The molecule has 2 fully saturated rings. The molecule has 0 aromatic rings. The largest absolute Gasteiger partial charge is 0.355 e. The standard InChI is InChI=1S/C16H31N3O/c1-14-3-5-15(6-4-14)7-9-18-16(20)13-19-11-2-8-17-10-12-19/h14-15,17H,2-13H2,1H3,(H,18,20). The van der Waals surface area contributed by atoms with E-state index in [9.17, 15) is 4.79 Å². The Morgan fingerprint density at radius 2 is 2.00 bits per heavy atom. The van der Waals surface area contributed by atoms with E-state index in [0.29, 0.717) is 6.54 Å². The molecule has 116 valence electrons. The van der Waals surface area contributed by atoms with Crippen molar-refractivity contribution in [3.8, 4) is 0 Å². The Bertz CT molecular complexity index is 279. The van der Waals surface area contributed by atoms with Crippen molar-refractivity contribution in [3.63, 3.8) is 0 Å². The zero-order valence-electron chi connectivity index (χ0n) is 13.0. The van der Waals surface area contributed by atoms with Crippen molar-refractivity contribution in [2.24, 2.45) is 11.8 Å². The van der Waals surface area contributed by atoms with E-state index in [1.807, 2.05) is 0 Å². The van der Waals surface area contributed by atoms with Crippen LogP contribution in [0, 0.1) is 11.8 Å². The van der Waals surface area contributed by atoms with Gasteiger partial charge in [-0.25, -0.2) is 0 Å². The molecular formula is C16H31N3O. The summed E-state index contributed by atoms with van der Waals surface area (Å²) in [6.45, 7) is 7.92. The van der Waals surface area contributed by atoms with Crippen LogP contribution in [0.5, 0.6) is 0 Å². The van der Waals surface area contributed by atoms with Gasteiger partial charge < -0.3 is 10.6 Å². The number of amides is 1. The average molecular weight is 281 g/mol. The molecule has 1 saturated heterocycles. The molecule has 0 bridgehead atoms. The molecule has 1 aliphatic carbocycles. The fourth-order valence-electron chi connectivity index (χ4n) is 3.35. The van der Waals surface area contributed by atoms with E-state index in [4.69, 9.17) is 0 Å². The fourth-order valence-corrected chi connectivity index (χ4v) is 3.35. The molecule has 0 unspecified atom stereocenters. The van der Waals surface area contributed by atoms with E-state index >= 15 is 0 Å². The van der Waals surface area contributed by atoms with E-state index in [1.54, 1.807) is 0 Å². The van der Waals surface area contributed by atoms with E-state index < -0.39 is 0 Å². The van der Waals surface area contributed by atoms with Gasteiger partial charge in [-0.1, -0.05) is 32.6 Å².